The summed E-state index contributed by atoms with van der Waals surface area (Å²) in [5.74, 6) is 0. The van der Waals surface area contributed by atoms with E-state index in [1.807, 2.05) is 6.21 Å². The predicted molar refractivity (Wildman–Crippen MR) is 49.1 cm³/mol. The van der Waals surface area contributed by atoms with Gasteiger partial charge in [-0.1, -0.05) is 26.2 Å². The van der Waals surface area contributed by atoms with Gasteiger partial charge in [0.05, 0.1) is 6.67 Å². The van der Waals surface area contributed by atoms with E-state index >= 15 is 0 Å². The van der Waals surface area contributed by atoms with Crippen molar-refractivity contribution in [1.29, 1.82) is 0 Å². The molecule has 11 heavy (non-hydrogen) atoms. The second-order valence-electron chi connectivity index (χ2n) is 3.14. The quantitative estimate of drug-likeness (QED) is 0.552. The van der Waals surface area contributed by atoms with Crippen LogP contribution >= 0.6 is 0 Å². The maximum atomic E-state index is 4.16. The van der Waals surface area contributed by atoms with E-state index in [1.165, 1.54) is 32.2 Å². The maximum absolute atomic E-state index is 4.16. The van der Waals surface area contributed by atoms with Crippen LogP contribution < -0.4 is 0 Å². The third-order valence-corrected chi connectivity index (χ3v) is 2.08. The number of hydrogen-bond acceptors (Lipinski definition) is 2. The van der Waals surface area contributed by atoms with Crippen LogP contribution in [-0.4, -0.2) is 30.9 Å². The Morgan fingerprint density at radius 2 is 2.27 bits per heavy atom. The highest BCUT2D eigenvalue weighted by molar-refractivity contribution is 5.61. The summed E-state index contributed by atoms with van der Waals surface area (Å²) in [7, 11) is 0. The van der Waals surface area contributed by atoms with Gasteiger partial charge in [0.25, 0.3) is 0 Å². The summed E-state index contributed by atoms with van der Waals surface area (Å²) in [4.78, 5) is 6.55. The molecule has 0 spiro atoms. The lowest BCUT2D eigenvalue weighted by Crippen LogP contribution is -2.21. The summed E-state index contributed by atoms with van der Waals surface area (Å²) in [5, 5.41) is 0. The highest BCUT2D eigenvalue weighted by atomic mass is 15.2. The Kier molecular flexibility index (Phi) is 4.21. The van der Waals surface area contributed by atoms with Crippen LogP contribution in [0, 0.1) is 0 Å². The van der Waals surface area contributed by atoms with Gasteiger partial charge < -0.3 is 0 Å². The van der Waals surface area contributed by atoms with E-state index in [0.717, 1.165) is 13.2 Å². The molecule has 1 aliphatic heterocycles. The molecule has 64 valence electrons. The monoisotopic (exact) mass is 154 g/mol. The van der Waals surface area contributed by atoms with Crippen molar-refractivity contribution in [1.82, 2.24) is 4.90 Å². The Bertz CT molecular complexity index is 113. The summed E-state index contributed by atoms with van der Waals surface area (Å²) in [5.41, 5.74) is 0. The fraction of sp³-hybridized carbons (Fsp3) is 0.889. The van der Waals surface area contributed by atoms with Crippen LogP contribution in [0.1, 0.15) is 32.6 Å². The summed E-state index contributed by atoms with van der Waals surface area (Å²) in [6.07, 6.45) is 7.45. The fourth-order valence-corrected chi connectivity index (χ4v) is 1.33. The van der Waals surface area contributed by atoms with Gasteiger partial charge in [-0.05, 0) is 6.42 Å². The van der Waals surface area contributed by atoms with E-state index in [0.29, 0.717) is 0 Å². The van der Waals surface area contributed by atoms with Crippen molar-refractivity contribution in [3.8, 4) is 0 Å². The molecule has 1 heterocycles. The molecule has 0 unspecified atom stereocenters. The smallest absolute Gasteiger partial charge is 0.0909 e. The Morgan fingerprint density at radius 3 is 2.91 bits per heavy atom. The topological polar surface area (TPSA) is 15.6 Å². The first-order chi connectivity index (χ1) is 5.43. The number of nitrogens with zero attached hydrogens (tertiary/aromatic N) is 2. The second kappa shape index (κ2) is 5.30. The second-order valence-corrected chi connectivity index (χ2v) is 3.14. The zero-order valence-corrected chi connectivity index (χ0v) is 7.42. The summed E-state index contributed by atoms with van der Waals surface area (Å²) >= 11 is 0. The van der Waals surface area contributed by atoms with Crippen LogP contribution in [0.2, 0.25) is 0 Å². The lowest BCUT2D eigenvalue weighted by Gasteiger charge is -2.12. The van der Waals surface area contributed by atoms with Gasteiger partial charge in [-0.2, -0.15) is 0 Å². The summed E-state index contributed by atoms with van der Waals surface area (Å²) in [6, 6.07) is 0. The minimum Gasteiger partial charge on any atom is -0.281 e. The predicted octanol–water partition coefficient (Wildman–Crippen LogP) is 1.91. The Morgan fingerprint density at radius 1 is 1.36 bits per heavy atom. The van der Waals surface area contributed by atoms with Crippen molar-refractivity contribution < 1.29 is 0 Å². The van der Waals surface area contributed by atoms with Crippen LogP contribution in [0.3, 0.4) is 0 Å². The molecule has 0 aromatic heterocycles. The zero-order valence-electron chi connectivity index (χ0n) is 7.42. The molecule has 1 rings (SSSR count). The van der Waals surface area contributed by atoms with Gasteiger partial charge >= 0.3 is 0 Å². The molecule has 0 N–H and O–H groups in total. The minimum absolute atomic E-state index is 0.937. The standard InChI is InChI=1S/C9H18N2/c1-2-3-4-5-7-11-8-6-10-9-11/h6H,2-5,7-9H2,1H3. The van der Waals surface area contributed by atoms with Crippen LogP contribution in [0.25, 0.3) is 0 Å². The van der Waals surface area contributed by atoms with Crippen LogP contribution in [0.4, 0.5) is 0 Å². The molecule has 2 nitrogen and oxygen atoms in total. The molecule has 0 aliphatic carbocycles. The third-order valence-electron chi connectivity index (χ3n) is 2.08. The first-order valence-electron chi connectivity index (χ1n) is 4.64. The number of rotatable bonds is 5. The highest BCUT2D eigenvalue weighted by Gasteiger charge is 2.04. The van der Waals surface area contributed by atoms with Gasteiger partial charge in [-0.25, -0.2) is 0 Å². The lowest BCUT2D eigenvalue weighted by molar-refractivity contribution is 0.332. The normalized spacial score (nSPS) is 17.9. The van der Waals surface area contributed by atoms with E-state index in [9.17, 15) is 0 Å². The Labute approximate surface area is 69.3 Å². The van der Waals surface area contributed by atoms with Crippen LogP contribution in [0.15, 0.2) is 4.99 Å². The van der Waals surface area contributed by atoms with Crippen molar-refractivity contribution >= 4 is 6.21 Å². The van der Waals surface area contributed by atoms with Crippen LogP contribution in [0.5, 0.6) is 0 Å². The van der Waals surface area contributed by atoms with Gasteiger partial charge in [0, 0.05) is 19.3 Å². The van der Waals surface area contributed by atoms with Gasteiger partial charge in [-0.15, -0.1) is 0 Å². The average Bonchev–Trinajstić information content (AvgIpc) is 2.50. The first kappa shape index (κ1) is 8.72. The van der Waals surface area contributed by atoms with Gasteiger partial charge in [0.2, 0.25) is 0 Å². The lowest BCUT2D eigenvalue weighted by atomic mass is 10.2. The maximum Gasteiger partial charge on any atom is 0.0909 e. The number of hydrogen-bond donors (Lipinski definition) is 0. The first-order valence-corrected chi connectivity index (χ1v) is 4.64. The summed E-state index contributed by atoms with van der Waals surface area (Å²) in [6.45, 7) is 5.50. The Hall–Kier alpha value is -0.370. The van der Waals surface area contributed by atoms with Gasteiger partial charge in [0.15, 0.2) is 0 Å². The van der Waals surface area contributed by atoms with Crippen molar-refractivity contribution in [3.05, 3.63) is 0 Å². The van der Waals surface area contributed by atoms with Crippen molar-refractivity contribution in [2.75, 3.05) is 19.8 Å². The molecule has 0 aromatic carbocycles. The van der Waals surface area contributed by atoms with E-state index in [1.54, 1.807) is 0 Å². The van der Waals surface area contributed by atoms with E-state index in [4.69, 9.17) is 0 Å². The van der Waals surface area contributed by atoms with Crippen molar-refractivity contribution in [2.24, 2.45) is 4.99 Å². The third kappa shape index (κ3) is 3.51. The summed E-state index contributed by atoms with van der Waals surface area (Å²) < 4.78 is 0. The molecule has 2 heteroatoms. The molecule has 0 saturated heterocycles. The SMILES string of the molecule is CCCCCCN1CC=NC1. The largest absolute Gasteiger partial charge is 0.281 e. The molecule has 0 saturated carbocycles. The highest BCUT2D eigenvalue weighted by Crippen LogP contribution is 2.02. The van der Waals surface area contributed by atoms with Gasteiger partial charge in [-0.3, -0.25) is 9.89 Å². The molecule has 0 atom stereocenters. The van der Waals surface area contributed by atoms with Crippen molar-refractivity contribution in [2.45, 2.75) is 32.6 Å². The molecule has 0 aromatic rings. The molecular formula is C9H18N2. The zero-order chi connectivity index (χ0) is 7.94. The molecule has 1 aliphatic rings. The molecule has 0 amide bonds. The minimum atomic E-state index is 0.937. The fourth-order valence-electron chi connectivity index (χ4n) is 1.33. The molecule has 0 radical (unpaired) electrons. The Balaban J connectivity index is 1.87. The molecular weight excluding hydrogens is 136 g/mol. The van der Waals surface area contributed by atoms with Crippen LogP contribution in [-0.2, 0) is 0 Å². The van der Waals surface area contributed by atoms with E-state index in [-0.39, 0.29) is 0 Å². The molecule has 0 bridgehead atoms. The molecule has 0 fully saturated rings. The number of unbranched alkanes of at least 4 members (excludes halogenated alkanes) is 3. The number of aliphatic imine (C=N–C) groups is 1. The van der Waals surface area contributed by atoms with E-state index in [2.05, 4.69) is 16.8 Å². The van der Waals surface area contributed by atoms with Gasteiger partial charge in [0.1, 0.15) is 0 Å². The average molecular weight is 154 g/mol. The van der Waals surface area contributed by atoms with E-state index < -0.39 is 0 Å². The van der Waals surface area contributed by atoms with Crippen molar-refractivity contribution in [3.63, 3.8) is 0 Å².